The van der Waals surface area contributed by atoms with Crippen molar-refractivity contribution in [2.24, 2.45) is 0 Å². The third-order valence-electron chi connectivity index (χ3n) is 2.45. The largest absolute Gasteiger partial charge is 0.364 e. The minimum Gasteiger partial charge on any atom is -0.364 e. The second kappa shape index (κ2) is 2.90. The lowest BCUT2D eigenvalue weighted by Gasteiger charge is -2.01. The van der Waals surface area contributed by atoms with Crippen LogP contribution in [0.5, 0.6) is 0 Å². The summed E-state index contributed by atoms with van der Waals surface area (Å²) in [5.41, 5.74) is 2.89. The minimum atomic E-state index is 0.650. The fraction of sp³-hybridized carbons (Fsp3) is 0.300. The first-order valence-corrected chi connectivity index (χ1v) is 4.67. The van der Waals surface area contributed by atoms with Crippen molar-refractivity contribution in [3.05, 3.63) is 30.2 Å². The second-order valence-electron chi connectivity index (χ2n) is 3.49. The molecule has 0 saturated heterocycles. The van der Waals surface area contributed by atoms with Gasteiger partial charge in [-0.15, -0.1) is 5.10 Å². The average Bonchev–Trinajstić information content (AvgIpc) is 2.94. The molecule has 0 amide bonds. The smallest absolute Gasteiger partial charge is 0.134 e. The van der Waals surface area contributed by atoms with E-state index in [2.05, 4.69) is 15.4 Å². The Balaban J connectivity index is 2.12. The van der Waals surface area contributed by atoms with Crippen LogP contribution in [0.15, 0.2) is 29.1 Å². The van der Waals surface area contributed by atoms with Crippen LogP contribution in [-0.2, 0) is 0 Å². The van der Waals surface area contributed by atoms with E-state index < -0.39 is 0 Å². The van der Waals surface area contributed by atoms with E-state index in [1.165, 1.54) is 18.4 Å². The zero-order chi connectivity index (χ0) is 9.38. The predicted molar refractivity (Wildman–Crippen MR) is 49.5 cm³/mol. The van der Waals surface area contributed by atoms with E-state index >= 15 is 0 Å². The average molecular weight is 187 g/mol. The molecule has 0 atom stereocenters. The Morgan fingerprint density at radius 3 is 2.93 bits per heavy atom. The van der Waals surface area contributed by atoms with E-state index in [0.717, 1.165) is 11.4 Å². The molecular weight excluding hydrogens is 178 g/mol. The first kappa shape index (κ1) is 7.67. The summed E-state index contributed by atoms with van der Waals surface area (Å²) < 4.78 is 4.81. The summed E-state index contributed by atoms with van der Waals surface area (Å²) in [7, 11) is 0. The van der Waals surface area contributed by atoms with Gasteiger partial charge in [0.1, 0.15) is 17.7 Å². The van der Waals surface area contributed by atoms with Gasteiger partial charge in [0.2, 0.25) is 0 Å². The fourth-order valence-corrected chi connectivity index (χ4v) is 1.60. The molecule has 0 unspecified atom stereocenters. The van der Waals surface area contributed by atoms with Gasteiger partial charge in [-0.1, -0.05) is 5.16 Å². The highest BCUT2D eigenvalue weighted by Gasteiger charge is 2.27. The van der Waals surface area contributed by atoms with Crippen molar-refractivity contribution in [2.75, 3.05) is 0 Å². The molecule has 1 fully saturated rings. The highest BCUT2D eigenvalue weighted by Crippen LogP contribution is 2.42. The molecule has 0 aliphatic heterocycles. The van der Waals surface area contributed by atoms with Crippen LogP contribution in [0.1, 0.15) is 24.3 Å². The molecule has 2 aromatic rings. The standard InChI is InChI=1S/C10H9N3O/c1-2-7(1)8-3-5-11-12-10(8)9-4-6-14-13-9/h3-7H,1-2H2. The summed E-state index contributed by atoms with van der Waals surface area (Å²) in [5.74, 6) is 0.650. The first-order chi connectivity index (χ1) is 6.95. The summed E-state index contributed by atoms with van der Waals surface area (Å²) in [6.07, 6.45) is 5.78. The lowest BCUT2D eigenvalue weighted by atomic mass is 10.1. The molecular formula is C10H9N3O. The SMILES string of the molecule is c1cc(C2CC2)c(-c2ccon2)nn1. The summed E-state index contributed by atoms with van der Waals surface area (Å²) >= 11 is 0. The van der Waals surface area contributed by atoms with Gasteiger partial charge in [-0.2, -0.15) is 5.10 Å². The van der Waals surface area contributed by atoms with Crippen molar-refractivity contribution < 1.29 is 4.52 Å². The van der Waals surface area contributed by atoms with Gasteiger partial charge >= 0.3 is 0 Å². The van der Waals surface area contributed by atoms with Gasteiger partial charge in [0.05, 0.1) is 0 Å². The van der Waals surface area contributed by atoms with Gasteiger partial charge in [-0.3, -0.25) is 0 Å². The Hall–Kier alpha value is -1.71. The summed E-state index contributed by atoms with van der Waals surface area (Å²) in [6.45, 7) is 0. The van der Waals surface area contributed by atoms with Crippen LogP contribution in [0.4, 0.5) is 0 Å². The predicted octanol–water partition coefficient (Wildman–Crippen LogP) is 2.01. The lowest BCUT2D eigenvalue weighted by Crippen LogP contribution is -1.93. The number of hydrogen-bond acceptors (Lipinski definition) is 4. The Kier molecular flexibility index (Phi) is 1.59. The van der Waals surface area contributed by atoms with Crippen LogP contribution in [-0.4, -0.2) is 15.4 Å². The lowest BCUT2D eigenvalue weighted by molar-refractivity contribution is 0.422. The molecule has 2 aromatic heterocycles. The van der Waals surface area contributed by atoms with Crippen LogP contribution < -0.4 is 0 Å². The number of nitrogens with zero attached hydrogens (tertiary/aromatic N) is 3. The molecule has 1 aliphatic rings. The number of hydrogen-bond donors (Lipinski definition) is 0. The Bertz CT molecular complexity index is 434. The summed E-state index contributed by atoms with van der Waals surface area (Å²) in [6, 6.07) is 3.84. The molecule has 2 heterocycles. The molecule has 4 nitrogen and oxygen atoms in total. The summed E-state index contributed by atoms with van der Waals surface area (Å²) in [5, 5.41) is 11.9. The minimum absolute atomic E-state index is 0.650. The zero-order valence-corrected chi connectivity index (χ0v) is 7.55. The quantitative estimate of drug-likeness (QED) is 0.721. The molecule has 0 bridgehead atoms. The molecule has 0 N–H and O–H groups in total. The van der Waals surface area contributed by atoms with E-state index in [4.69, 9.17) is 4.52 Å². The monoisotopic (exact) mass is 187 g/mol. The topological polar surface area (TPSA) is 51.8 Å². The van der Waals surface area contributed by atoms with E-state index in [1.54, 1.807) is 12.5 Å². The fourth-order valence-electron chi connectivity index (χ4n) is 1.60. The zero-order valence-electron chi connectivity index (χ0n) is 7.55. The third kappa shape index (κ3) is 1.19. The maximum atomic E-state index is 4.81. The van der Waals surface area contributed by atoms with Gasteiger partial charge in [0.15, 0.2) is 0 Å². The van der Waals surface area contributed by atoms with Gasteiger partial charge in [0, 0.05) is 12.3 Å². The van der Waals surface area contributed by atoms with Crippen molar-refractivity contribution in [3.63, 3.8) is 0 Å². The maximum Gasteiger partial charge on any atom is 0.134 e. The van der Waals surface area contributed by atoms with E-state index in [9.17, 15) is 0 Å². The van der Waals surface area contributed by atoms with Gasteiger partial charge in [0.25, 0.3) is 0 Å². The van der Waals surface area contributed by atoms with Crippen LogP contribution in [0.3, 0.4) is 0 Å². The molecule has 0 aromatic carbocycles. The van der Waals surface area contributed by atoms with Crippen molar-refractivity contribution in [2.45, 2.75) is 18.8 Å². The molecule has 70 valence electrons. The number of rotatable bonds is 2. The van der Waals surface area contributed by atoms with Crippen LogP contribution >= 0.6 is 0 Å². The van der Waals surface area contributed by atoms with E-state index in [-0.39, 0.29) is 0 Å². The molecule has 4 heteroatoms. The van der Waals surface area contributed by atoms with Crippen molar-refractivity contribution >= 4 is 0 Å². The van der Waals surface area contributed by atoms with Crippen molar-refractivity contribution in [3.8, 4) is 11.4 Å². The number of aromatic nitrogens is 3. The first-order valence-electron chi connectivity index (χ1n) is 4.67. The Labute approximate surface area is 81.0 Å². The van der Waals surface area contributed by atoms with Crippen molar-refractivity contribution in [1.29, 1.82) is 0 Å². The van der Waals surface area contributed by atoms with E-state index in [1.807, 2.05) is 12.1 Å². The Morgan fingerprint density at radius 2 is 2.21 bits per heavy atom. The molecule has 1 aliphatic carbocycles. The van der Waals surface area contributed by atoms with Crippen LogP contribution in [0.25, 0.3) is 11.4 Å². The molecule has 0 radical (unpaired) electrons. The molecule has 14 heavy (non-hydrogen) atoms. The second-order valence-corrected chi connectivity index (χ2v) is 3.49. The third-order valence-corrected chi connectivity index (χ3v) is 2.45. The van der Waals surface area contributed by atoms with Crippen molar-refractivity contribution in [1.82, 2.24) is 15.4 Å². The molecule has 3 rings (SSSR count). The normalized spacial score (nSPS) is 15.7. The van der Waals surface area contributed by atoms with Crippen LogP contribution in [0, 0.1) is 0 Å². The van der Waals surface area contributed by atoms with Gasteiger partial charge in [-0.05, 0) is 30.4 Å². The van der Waals surface area contributed by atoms with Gasteiger partial charge < -0.3 is 4.52 Å². The van der Waals surface area contributed by atoms with Crippen LogP contribution in [0.2, 0.25) is 0 Å². The highest BCUT2D eigenvalue weighted by molar-refractivity contribution is 5.58. The molecule has 1 saturated carbocycles. The van der Waals surface area contributed by atoms with E-state index in [0.29, 0.717) is 5.92 Å². The summed E-state index contributed by atoms with van der Waals surface area (Å²) in [4.78, 5) is 0. The highest BCUT2D eigenvalue weighted by atomic mass is 16.5. The Morgan fingerprint density at radius 1 is 1.29 bits per heavy atom. The van der Waals surface area contributed by atoms with Gasteiger partial charge in [-0.25, -0.2) is 0 Å². The molecule has 0 spiro atoms. The maximum absolute atomic E-state index is 4.81.